The molecule has 1 aromatic heterocycles. The van der Waals surface area contributed by atoms with E-state index in [-0.39, 0.29) is 5.54 Å². The van der Waals surface area contributed by atoms with Crippen LogP contribution in [0.25, 0.3) is 0 Å². The predicted octanol–water partition coefficient (Wildman–Crippen LogP) is 4.01. The first-order valence-corrected chi connectivity index (χ1v) is 9.63. The monoisotopic (exact) mass is 355 g/mol. The SMILES string of the molecule is CN1OC2(N=C1N(C)C(C)(C)C)c1ccccc1CCc1sccc12. The summed E-state index contributed by atoms with van der Waals surface area (Å²) in [6.07, 6.45) is 2.07. The van der Waals surface area contributed by atoms with E-state index in [4.69, 9.17) is 9.83 Å². The van der Waals surface area contributed by atoms with Gasteiger partial charge in [-0.1, -0.05) is 24.3 Å². The maximum Gasteiger partial charge on any atom is 0.241 e. The van der Waals surface area contributed by atoms with Crippen LogP contribution in [-0.4, -0.2) is 35.6 Å². The van der Waals surface area contributed by atoms with Crippen LogP contribution in [0, 0.1) is 0 Å². The van der Waals surface area contributed by atoms with Crippen LogP contribution >= 0.6 is 11.3 Å². The molecule has 5 heteroatoms. The van der Waals surface area contributed by atoms with E-state index in [1.807, 2.05) is 12.1 Å². The fourth-order valence-corrected chi connectivity index (χ4v) is 4.50. The summed E-state index contributed by atoms with van der Waals surface area (Å²) < 4.78 is 0. The van der Waals surface area contributed by atoms with Gasteiger partial charge in [0.25, 0.3) is 0 Å². The zero-order valence-electron chi connectivity index (χ0n) is 15.5. The van der Waals surface area contributed by atoms with Gasteiger partial charge in [0.15, 0.2) is 0 Å². The summed E-state index contributed by atoms with van der Waals surface area (Å²) in [6.45, 7) is 6.56. The molecule has 1 aliphatic carbocycles. The molecule has 0 radical (unpaired) electrons. The van der Waals surface area contributed by atoms with Gasteiger partial charge in [0.1, 0.15) is 0 Å². The molecular weight excluding hydrogens is 330 g/mol. The number of benzene rings is 1. The van der Waals surface area contributed by atoms with Crippen molar-refractivity contribution >= 4 is 17.3 Å². The Balaban J connectivity index is 1.94. The smallest absolute Gasteiger partial charge is 0.241 e. The molecule has 0 N–H and O–H groups in total. The largest absolute Gasteiger partial charge is 0.339 e. The summed E-state index contributed by atoms with van der Waals surface area (Å²) in [6, 6.07) is 10.7. The van der Waals surface area contributed by atoms with Gasteiger partial charge < -0.3 is 4.90 Å². The van der Waals surface area contributed by atoms with Crippen molar-refractivity contribution in [2.75, 3.05) is 14.1 Å². The molecule has 1 spiro atoms. The minimum Gasteiger partial charge on any atom is -0.339 e. The molecule has 2 aromatic rings. The molecule has 0 bridgehead atoms. The van der Waals surface area contributed by atoms with Crippen molar-refractivity contribution in [3.8, 4) is 0 Å². The number of nitrogens with zero attached hydrogens (tertiary/aromatic N) is 3. The lowest BCUT2D eigenvalue weighted by molar-refractivity contribution is -0.156. The van der Waals surface area contributed by atoms with Crippen molar-refractivity contribution < 1.29 is 4.84 Å². The molecule has 0 fully saturated rings. The first-order chi connectivity index (χ1) is 11.8. The van der Waals surface area contributed by atoms with E-state index < -0.39 is 5.72 Å². The van der Waals surface area contributed by atoms with E-state index in [0.717, 1.165) is 24.4 Å². The van der Waals surface area contributed by atoms with E-state index in [1.165, 1.54) is 16.0 Å². The lowest BCUT2D eigenvalue weighted by Crippen LogP contribution is -2.47. The summed E-state index contributed by atoms with van der Waals surface area (Å²) in [5.41, 5.74) is 2.86. The number of aliphatic imine (C=N–C) groups is 1. The molecule has 0 saturated heterocycles. The van der Waals surface area contributed by atoms with Crippen LogP contribution in [0.5, 0.6) is 0 Å². The minimum atomic E-state index is -0.772. The maximum atomic E-state index is 6.50. The number of thiophene rings is 1. The molecule has 4 nitrogen and oxygen atoms in total. The van der Waals surface area contributed by atoms with Crippen molar-refractivity contribution in [2.45, 2.75) is 44.9 Å². The van der Waals surface area contributed by atoms with Gasteiger partial charge in [-0.3, -0.25) is 0 Å². The number of rotatable bonds is 0. The molecule has 1 aromatic carbocycles. The Bertz CT molecular complexity index is 835. The van der Waals surface area contributed by atoms with E-state index >= 15 is 0 Å². The number of hydroxylamine groups is 2. The Morgan fingerprint density at radius 1 is 1.16 bits per heavy atom. The fourth-order valence-electron chi connectivity index (χ4n) is 3.57. The Morgan fingerprint density at radius 3 is 2.68 bits per heavy atom. The zero-order valence-corrected chi connectivity index (χ0v) is 16.4. The molecule has 0 amide bonds. The number of aryl methyl sites for hydroxylation is 2. The van der Waals surface area contributed by atoms with Crippen LogP contribution < -0.4 is 0 Å². The van der Waals surface area contributed by atoms with Gasteiger partial charge in [-0.25, -0.2) is 14.9 Å². The standard InChI is InChI=1S/C20H25N3OS/c1-19(2,3)22(4)18-21-20(24-23(18)5)15-9-7-6-8-14(15)10-11-17-16(20)12-13-25-17/h6-9,12-13H,10-11H2,1-5H3. The van der Waals surface area contributed by atoms with Gasteiger partial charge in [-0.05, 0) is 50.6 Å². The second-order valence-electron chi connectivity index (χ2n) is 7.79. The van der Waals surface area contributed by atoms with Crippen LogP contribution in [0.2, 0.25) is 0 Å². The van der Waals surface area contributed by atoms with Crippen LogP contribution in [0.15, 0.2) is 40.7 Å². The van der Waals surface area contributed by atoms with Crippen molar-refractivity contribution in [2.24, 2.45) is 4.99 Å². The fraction of sp³-hybridized carbons (Fsp3) is 0.450. The van der Waals surface area contributed by atoms with Crippen molar-refractivity contribution in [3.63, 3.8) is 0 Å². The Hall–Kier alpha value is -1.85. The summed E-state index contributed by atoms with van der Waals surface area (Å²) in [5, 5.41) is 3.99. The molecule has 1 aliphatic heterocycles. The van der Waals surface area contributed by atoms with E-state index in [1.54, 1.807) is 11.3 Å². The van der Waals surface area contributed by atoms with E-state index in [0.29, 0.717) is 0 Å². The zero-order chi connectivity index (χ0) is 17.8. The molecule has 1 unspecified atom stereocenters. The lowest BCUT2D eigenvalue weighted by atomic mass is 9.93. The van der Waals surface area contributed by atoms with Gasteiger partial charge in [0, 0.05) is 35.6 Å². The average Bonchev–Trinajstić information content (AvgIpc) is 3.14. The average molecular weight is 356 g/mol. The van der Waals surface area contributed by atoms with Crippen molar-refractivity contribution in [1.82, 2.24) is 9.96 Å². The predicted molar refractivity (Wildman–Crippen MR) is 103 cm³/mol. The van der Waals surface area contributed by atoms with Crippen LogP contribution in [0.1, 0.15) is 42.3 Å². The summed E-state index contributed by atoms with van der Waals surface area (Å²) >= 11 is 1.81. The van der Waals surface area contributed by atoms with Crippen LogP contribution in [0.3, 0.4) is 0 Å². The molecule has 0 saturated carbocycles. The highest BCUT2D eigenvalue weighted by molar-refractivity contribution is 7.10. The van der Waals surface area contributed by atoms with E-state index in [2.05, 4.69) is 68.4 Å². The summed E-state index contributed by atoms with van der Waals surface area (Å²) in [4.78, 5) is 15.2. The summed E-state index contributed by atoms with van der Waals surface area (Å²) in [7, 11) is 4.03. The topological polar surface area (TPSA) is 28.1 Å². The van der Waals surface area contributed by atoms with Gasteiger partial charge in [0.05, 0.1) is 0 Å². The van der Waals surface area contributed by atoms with Crippen molar-refractivity contribution in [1.29, 1.82) is 0 Å². The lowest BCUT2D eigenvalue weighted by Gasteiger charge is -2.35. The maximum absolute atomic E-state index is 6.50. The van der Waals surface area contributed by atoms with Gasteiger partial charge in [-0.15, -0.1) is 11.3 Å². The third kappa shape index (κ3) is 2.49. The molecule has 25 heavy (non-hydrogen) atoms. The molecule has 2 heterocycles. The van der Waals surface area contributed by atoms with Gasteiger partial charge in [0.2, 0.25) is 11.7 Å². The van der Waals surface area contributed by atoms with E-state index in [9.17, 15) is 0 Å². The van der Waals surface area contributed by atoms with Crippen molar-refractivity contribution in [3.05, 3.63) is 57.3 Å². The quantitative estimate of drug-likeness (QED) is 0.715. The molecular formula is C20H25N3OS. The van der Waals surface area contributed by atoms with Crippen LogP contribution in [0.4, 0.5) is 0 Å². The van der Waals surface area contributed by atoms with Gasteiger partial charge in [-0.2, -0.15) is 0 Å². The Kier molecular flexibility index (Phi) is 3.71. The first kappa shape index (κ1) is 16.6. The molecule has 1 atom stereocenters. The second kappa shape index (κ2) is 5.58. The number of fused-ring (bicyclic) bond motifs is 4. The van der Waals surface area contributed by atoms with Gasteiger partial charge >= 0.3 is 0 Å². The third-order valence-corrected chi connectivity index (χ3v) is 6.21. The molecule has 132 valence electrons. The highest BCUT2D eigenvalue weighted by Gasteiger charge is 2.48. The Morgan fingerprint density at radius 2 is 1.92 bits per heavy atom. The third-order valence-electron chi connectivity index (χ3n) is 5.23. The molecule has 2 aliphatic rings. The highest BCUT2D eigenvalue weighted by Crippen LogP contribution is 2.47. The highest BCUT2D eigenvalue weighted by atomic mass is 32.1. The number of hydrogen-bond donors (Lipinski definition) is 0. The number of guanidine groups is 1. The Labute approximate surface area is 153 Å². The normalized spacial score (nSPS) is 22.4. The summed E-state index contributed by atoms with van der Waals surface area (Å²) in [5.74, 6) is 0.862. The number of hydrogen-bond acceptors (Lipinski definition) is 5. The molecule has 4 rings (SSSR count). The minimum absolute atomic E-state index is 0.0380. The second-order valence-corrected chi connectivity index (χ2v) is 8.79. The van der Waals surface area contributed by atoms with Crippen LogP contribution in [-0.2, 0) is 23.4 Å². The first-order valence-electron chi connectivity index (χ1n) is 8.75.